The molecule has 0 bridgehead atoms. The molecule has 0 amide bonds. The van der Waals surface area contributed by atoms with Crippen LogP contribution >= 0.6 is 11.8 Å². The number of amidine groups is 1. The Labute approximate surface area is 87.2 Å². The summed E-state index contributed by atoms with van der Waals surface area (Å²) in [6.07, 6.45) is 0. The number of thioether (sulfide) groups is 1. The minimum Gasteiger partial charge on any atom is -0.508 e. The lowest BCUT2D eigenvalue weighted by Crippen LogP contribution is -2.14. The quantitative estimate of drug-likeness (QED) is 0.775. The second-order valence-electron chi connectivity index (χ2n) is 3.07. The average Bonchev–Trinajstić information content (AvgIpc) is 2.70. The maximum Gasteiger partial charge on any atom is 0.157 e. The van der Waals surface area contributed by atoms with Gasteiger partial charge in [-0.05, 0) is 17.7 Å². The lowest BCUT2D eigenvalue weighted by Gasteiger charge is -2.02. The van der Waals surface area contributed by atoms with Gasteiger partial charge in [0.1, 0.15) is 5.75 Å². The van der Waals surface area contributed by atoms with Crippen molar-refractivity contribution in [3.05, 3.63) is 29.8 Å². The summed E-state index contributed by atoms with van der Waals surface area (Å²) >= 11 is 1.70. The van der Waals surface area contributed by atoms with E-state index in [1.165, 1.54) is 5.56 Å². The fourth-order valence-corrected chi connectivity index (χ4v) is 2.10. The first kappa shape index (κ1) is 9.40. The van der Waals surface area contributed by atoms with Crippen molar-refractivity contribution in [3.63, 3.8) is 0 Å². The maximum absolute atomic E-state index is 9.09. The predicted octanol–water partition coefficient (Wildman–Crippen LogP) is 1.58. The molecule has 1 aromatic carbocycles. The third-order valence-corrected chi connectivity index (χ3v) is 2.98. The van der Waals surface area contributed by atoms with Crippen molar-refractivity contribution in [1.82, 2.24) is 5.32 Å². The molecular weight excluding hydrogens is 196 g/mol. The third kappa shape index (κ3) is 2.42. The van der Waals surface area contributed by atoms with Gasteiger partial charge in [-0.3, -0.25) is 4.99 Å². The lowest BCUT2D eigenvalue weighted by molar-refractivity contribution is 0.475. The molecule has 0 fully saturated rings. The van der Waals surface area contributed by atoms with Gasteiger partial charge < -0.3 is 10.4 Å². The van der Waals surface area contributed by atoms with Gasteiger partial charge in [-0.25, -0.2) is 0 Å². The summed E-state index contributed by atoms with van der Waals surface area (Å²) < 4.78 is 0. The first-order chi connectivity index (χ1) is 6.84. The lowest BCUT2D eigenvalue weighted by atomic mass is 10.2. The summed E-state index contributed by atoms with van der Waals surface area (Å²) in [7, 11) is 0. The van der Waals surface area contributed by atoms with Crippen molar-refractivity contribution >= 4 is 16.9 Å². The van der Waals surface area contributed by atoms with Crippen LogP contribution in [-0.2, 0) is 5.75 Å². The Morgan fingerprint density at radius 2 is 2.14 bits per heavy atom. The molecule has 0 atom stereocenters. The van der Waals surface area contributed by atoms with Gasteiger partial charge in [0.05, 0.1) is 6.54 Å². The van der Waals surface area contributed by atoms with E-state index in [1.807, 2.05) is 12.1 Å². The molecule has 1 aromatic rings. The normalized spacial score (nSPS) is 15.0. The number of rotatable bonds is 2. The topological polar surface area (TPSA) is 44.6 Å². The number of nitrogens with one attached hydrogen (secondary N) is 1. The fourth-order valence-electron chi connectivity index (χ4n) is 1.22. The molecule has 2 rings (SSSR count). The van der Waals surface area contributed by atoms with Crippen LogP contribution < -0.4 is 5.32 Å². The Hall–Kier alpha value is -1.16. The second-order valence-corrected chi connectivity index (χ2v) is 4.03. The summed E-state index contributed by atoms with van der Waals surface area (Å²) in [6.45, 7) is 1.84. The van der Waals surface area contributed by atoms with E-state index in [-0.39, 0.29) is 0 Å². The van der Waals surface area contributed by atoms with E-state index in [2.05, 4.69) is 10.3 Å². The Balaban J connectivity index is 1.88. The van der Waals surface area contributed by atoms with Crippen molar-refractivity contribution < 1.29 is 5.11 Å². The first-order valence-electron chi connectivity index (χ1n) is 4.53. The number of hydrogen-bond donors (Lipinski definition) is 2. The number of hydrogen-bond acceptors (Lipinski definition) is 4. The molecule has 3 nitrogen and oxygen atoms in total. The highest BCUT2D eigenvalue weighted by molar-refractivity contribution is 8.13. The van der Waals surface area contributed by atoms with Gasteiger partial charge in [-0.15, -0.1) is 0 Å². The molecule has 0 radical (unpaired) electrons. The van der Waals surface area contributed by atoms with Crippen molar-refractivity contribution in [1.29, 1.82) is 0 Å². The molecular formula is C10H12N2OS. The SMILES string of the molecule is Oc1ccc(CSC2=NCCN2)cc1. The van der Waals surface area contributed by atoms with E-state index in [0.29, 0.717) is 5.75 Å². The molecule has 0 saturated heterocycles. The summed E-state index contributed by atoms with van der Waals surface area (Å²) in [4.78, 5) is 4.29. The van der Waals surface area contributed by atoms with E-state index in [0.717, 1.165) is 24.0 Å². The second kappa shape index (κ2) is 4.37. The van der Waals surface area contributed by atoms with Crippen LogP contribution in [0.1, 0.15) is 5.56 Å². The predicted molar refractivity (Wildman–Crippen MR) is 59.7 cm³/mol. The van der Waals surface area contributed by atoms with Gasteiger partial charge in [0.2, 0.25) is 0 Å². The van der Waals surface area contributed by atoms with Crippen LogP contribution in [0.15, 0.2) is 29.3 Å². The van der Waals surface area contributed by atoms with Crippen molar-refractivity contribution in [2.75, 3.05) is 13.1 Å². The minimum absolute atomic E-state index is 0.315. The summed E-state index contributed by atoms with van der Waals surface area (Å²) in [5.74, 6) is 1.21. The zero-order valence-electron chi connectivity index (χ0n) is 7.73. The van der Waals surface area contributed by atoms with Crippen LogP contribution in [0.5, 0.6) is 5.75 Å². The fraction of sp³-hybridized carbons (Fsp3) is 0.300. The van der Waals surface area contributed by atoms with Gasteiger partial charge in [-0.1, -0.05) is 23.9 Å². The first-order valence-corrected chi connectivity index (χ1v) is 5.52. The molecule has 1 heterocycles. The molecule has 74 valence electrons. The average molecular weight is 208 g/mol. The number of aromatic hydroxyl groups is 1. The van der Waals surface area contributed by atoms with Gasteiger partial charge in [0.15, 0.2) is 5.17 Å². The Bertz CT molecular complexity index is 334. The highest BCUT2D eigenvalue weighted by atomic mass is 32.2. The van der Waals surface area contributed by atoms with Gasteiger partial charge >= 0.3 is 0 Å². The van der Waals surface area contributed by atoms with E-state index >= 15 is 0 Å². The monoisotopic (exact) mass is 208 g/mol. The van der Waals surface area contributed by atoms with Crippen LogP contribution in [0.3, 0.4) is 0 Å². The van der Waals surface area contributed by atoms with Crippen LogP contribution in [-0.4, -0.2) is 23.4 Å². The van der Waals surface area contributed by atoms with E-state index in [9.17, 15) is 0 Å². The van der Waals surface area contributed by atoms with Crippen LogP contribution in [0, 0.1) is 0 Å². The molecule has 0 spiro atoms. The molecule has 14 heavy (non-hydrogen) atoms. The zero-order chi connectivity index (χ0) is 9.80. The maximum atomic E-state index is 9.09. The molecule has 4 heteroatoms. The standard InChI is InChI=1S/C10H12N2OS/c13-9-3-1-8(2-4-9)7-14-10-11-5-6-12-10/h1-4,13H,5-7H2,(H,11,12). The zero-order valence-corrected chi connectivity index (χ0v) is 8.55. The van der Waals surface area contributed by atoms with Crippen LogP contribution in [0.2, 0.25) is 0 Å². The Kier molecular flexibility index (Phi) is 2.93. The van der Waals surface area contributed by atoms with Gasteiger partial charge in [0, 0.05) is 12.3 Å². The van der Waals surface area contributed by atoms with E-state index in [1.54, 1.807) is 23.9 Å². The van der Waals surface area contributed by atoms with Crippen LogP contribution in [0.4, 0.5) is 0 Å². The smallest absolute Gasteiger partial charge is 0.157 e. The van der Waals surface area contributed by atoms with Crippen LogP contribution in [0.25, 0.3) is 0 Å². The number of phenols is 1. The number of benzene rings is 1. The number of nitrogens with zero attached hydrogens (tertiary/aromatic N) is 1. The summed E-state index contributed by atoms with van der Waals surface area (Å²) in [5.41, 5.74) is 1.20. The van der Waals surface area contributed by atoms with Crippen molar-refractivity contribution in [2.45, 2.75) is 5.75 Å². The highest BCUT2D eigenvalue weighted by Gasteiger charge is 2.05. The van der Waals surface area contributed by atoms with Gasteiger partial charge in [0.25, 0.3) is 0 Å². The van der Waals surface area contributed by atoms with E-state index in [4.69, 9.17) is 5.11 Å². The van der Waals surface area contributed by atoms with Gasteiger partial charge in [-0.2, -0.15) is 0 Å². The summed E-state index contributed by atoms with van der Waals surface area (Å²) in [6, 6.07) is 7.27. The number of phenolic OH excluding ortho intramolecular Hbond substituents is 1. The number of aliphatic imine (C=N–C) groups is 1. The molecule has 2 N–H and O–H groups in total. The largest absolute Gasteiger partial charge is 0.508 e. The Morgan fingerprint density at radius 1 is 1.36 bits per heavy atom. The molecule has 1 aliphatic heterocycles. The van der Waals surface area contributed by atoms with E-state index < -0.39 is 0 Å². The summed E-state index contributed by atoms with van der Waals surface area (Å²) in [5, 5.41) is 13.3. The minimum atomic E-state index is 0.315. The van der Waals surface area contributed by atoms with Crippen molar-refractivity contribution in [3.8, 4) is 5.75 Å². The molecule has 1 aliphatic rings. The molecule has 0 aliphatic carbocycles. The third-order valence-electron chi connectivity index (χ3n) is 1.96. The molecule has 0 aromatic heterocycles. The highest BCUT2D eigenvalue weighted by Crippen LogP contribution is 2.16. The Morgan fingerprint density at radius 3 is 2.79 bits per heavy atom. The van der Waals surface area contributed by atoms with Crippen molar-refractivity contribution in [2.24, 2.45) is 4.99 Å². The molecule has 0 unspecified atom stereocenters. The molecule has 0 saturated carbocycles.